The minimum atomic E-state index is 0.598. The Kier molecular flexibility index (Phi) is 4.43. The third-order valence-electron chi connectivity index (χ3n) is 4.17. The molecule has 0 aliphatic rings. The average Bonchev–Trinajstić information content (AvgIpc) is 2.60. The normalized spacial score (nSPS) is 10.6. The summed E-state index contributed by atoms with van der Waals surface area (Å²) in [4.78, 5) is 9.18. The molecule has 0 atom stereocenters. The molecule has 0 amide bonds. The van der Waals surface area contributed by atoms with Crippen LogP contribution in [0.5, 0.6) is 0 Å². The second-order valence-electron chi connectivity index (χ2n) is 5.78. The Morgan fingerprint density at radius 2 is 1.88 bits per heavy atom. The van der Waals surface area contributed by atoms with Crippen molar-refractivity contribution in [1.29, 1.82) is 5.26 Å². The first kappa shape index (κ1) is 15.9. The first-order chi connectivity index (χ1) is 11.6. The first-order valence-corrected chi connectivity index (χ1v) is 8.22. The highest BCUT2D eigenvalue weighted by Gasteiger charge is 2.06. The van der Waals surface area contributed by atoms with Gasteiger partial charge in [0.2, 0.25) is 0 Å². The summed E-state index contributed by atoms with van der Waals surface area (Å²) in [6.45, 7) is 6.13. The van der Waals surface area contributed by atoms with Gasteiger partial charge in [-0.2, -0.15) is 5.26 Å². The maximum atomic E-state index is 9.00. The smallest absolute Gasteiger partial charge is 0.130 e. The lowest BCUT2D eigenvalue weighted by molar-refractivity contribution is 1.03. The van der Waals surface area contributed by atoms with Crippen molar-refractivity contribution in [1.82, 2.24) is 9.97 Å². The zero-order chi connectivity index (χ0) is 17.1. The molecule has 120 valence electrons. The van der Waals surface area contributed by atoms with E-state index in [1.54, 1.807) is 6.07 Å². The topological polar surface area (TPSA) is 61.6 Å². The summed E-state index contributed by atoms with van der Waals surface area (Å²) in [7, 11) is 0. The molecule has 0 spiro atoms. The van der Waals surface area contributed by atoms with Gasteiger partial charge in [0.1, 0.15) is 11.9 Å². The average molecular weight is 316 g/mol. The van der Waals surface area contributed by atoms with E-state index < -0.39 is 0 Å². The fourth-order valence-corrected chi connectivity index (χ4v) is 2.81. The van der Waals surface area contributed by atoms with Crippen LogP contribution in [0, 0.1) is 18.3 Å². The quantitative estimate of drug-likeness (QED) is 0.759. The number of hydrogen-bond acceptors (Lipinski definition) is 4. The van der Waals surface area contributed by atoms with Crippen molar-refractivity contribution in [2.24, 2.45) is 0 Å². The molecule has 0 saturated heterocycles. The predicted molar refractivity (Wildman–Crippen MR) is 97.5 cm³/mol. The van der Waals surface area contributed by atoms with Crippen LogP contribution in [0.2, 0.25) is 0 Å². The number of pyridine rings is 2. The molecule has 4 heteroatoms. The van der Waals surface area contributed by atoms with Gasteiger partial charge < -0.3 is 5.32 Å². The number of rotatable bonds is 4. The molecule has 1 aromatic carbocycles. The Morgan fingerprint density at radius 3 is 2.54 bits per heavy atom. The number of anilines is 2. The lowest BCUT2D eigenvalue weighted by atomic mass is 10.0. The molecule has 0 unspecified atom stereocenters. The Morgan fingerprint density at radius 1 is 1.04 bits per heavy atom. The Labute approximate surface area is 142 Å². The van der Waals surface area contributed by atoms with E-state index in [1.807, 2.05) is 19.1 Å². The predicted octanol–water partition coefficient (Wildman–Crippen LogP) is 4.68. The highest BCUT2D eigenvalue weighted by molar-refractivity contribution is 5.86. The Hall–Kier alpha value is -2.93. The van der Waals surface area contributed by atoms with E-state index in [-0.39, 0.29) is 0 Å². The number of nitriles is 1. The van der Waals surface area contributed by atoms with E-state index in [0.717, 1.165) is 41.3 Å². The van der Waals surface area contributed by atoms with E-state index in [1.165, 1.54) is 10.9 Å². The van der Waals surface area contributed by atoms with Crippen LogP contribution in [-0.4, -0.2) is 9.97 Å². The van der Waals surface area contributed by atoms with Gasteiger partial charge in [0.15, 0.2) is 0 Å². The molecule has 0 radical (unpaired) electrons. The van der Waals surface area contributed by atoms with Gasteiger partial charge in [0, 0.05) is 16.8 Å². The first-order valence-electron chi connectivity index (χ1n) is 8.22. The van der Waals surface area contributed by atoms with Crippen LogP contribution >= 0.6 is 0 Å². The van der Waals surface area contributed by atoms with Gasteiger partial charge >= 0.3 is 0 Å². The number of benzene rings is 1. The number of aryl methyl sites for hydroxylation is 3. The van der Waals surface area contributed by atoms with Crippen molar-refractivity contribution in [2.75, 3.05) is 5.32 Å². The molecule has 0 bridgehead atoms. The number of hydrogen-bond donors (Lipinski definition) is 1. The van der Waals surface area contributed by atoms with Crippen molar-refractivity contribution < 1.29 is 0 Å². The maximum absolute atomic E-state index is 9.00. The summed E-state index contributed by atoms with van der Waals surface area (Å²) in [5.41, 5.74) is 5.71. The summed E-state index contributed by atoms with van der Waals surface area (Å²) in [5, 5.41) is 13.5. The van der Waals surface area contributed by atoms with Gasteiger partial charge in [-0.15, -0.1) is 0 Å². The summed E-state index contributed by atoms with van der Waals surface area (Å²) >= 11 is 0. The number of aromatic nitrogens is 2. The van der Waals surface area contributed by atoms with Gasteiger partial charge in [-0.3, -0.25) is 4.98 Å². The van der Waals surface area contributed by atoms with Crippen LogP contribution in [0.3, 0.4) is 0 Å². The third-order valence-corrected chi connectivity index (χ3v) is 4.17. The molecule has 0 aliphatic carbocycles. The Balaban J connectivity index is 1.99. The van der Waals surface area contributed by atoms with Crippen LogP contribution in [0.4, 0.5) is 11.5 Å². The van der Waals surface area contributed by atoms with Crippen LogP contribution < -0.4 is 5.32 Å². The SMILES string of the molecule is CCc1cc(CC)c2ccc(Nc3ccc(C#N)c(C)n3)cc2n1. The summed E-state index contributed by atoms with van der Waals surface area (Å²) in [5.74, 6) is 0.730. The molecule has 1 N–H and O–H groups in total. The Bertz CT molecular complexity index is 938. The van der Waals surface area contributed by atoms with Crippen molar-refractivity contribution >= 4 is 22.4 Å². The maximum Gasteiger partial charge on any atom is 0.130 e. The van der Waals surface area contributed by atoms with Crippen LogP contribution in [0.1, 0.15) is 36.4 Å². The number of nitrogens with one attached hydrogen (secondary N) is 1. The van der Waals surface area contributed by atoms with Gasteiger partial charge in [-0.25, -0.2) is 4.98 Å². The fourth-order valence-electron chi connectivity index (χ4n) is 2.81. The van der Waals surface area contributed by atoms with Gasteiger partial charge in [0.05, 0.1) is 16.8 Å². The molecule has 3 aromatic rings. The third kappa shape index (κ3) is 3.07. The highest BCUT2D eigenvalue weighted by Crippen LogP contribution is 2.25. The van der Waals surface area contributed by atoms with E-state index in [9.17, 15) is 0 Å². The zero-order valence-corrected chi connectivity index (χ0v) is 14.2. The van der Waals surface area contributed by atoms with E-state index >= 15 is 0 Å². The largest absolute Gasteiger partial charge is 0.340 e. The zero-order valence-electron chi connectivity index (χ0n) is 14.2. The number of fused-ring (bicyclic) bond motifs is 1. The summed E-state index contributed by atoms with van der Waals surface area (Å²) < 4.78 is 0. The fraction of sp³-hybridized carbons (Fsp3) is 0.250. The standard InChI is InChI=1S/C20H20N4/c1-4-14-10-16(5-2)23-19-11-17(7-8-18(14)19)24-20-9-6-15(12-21)13(3)22-20/h6-11H,4-5H2,1-3H3,(H,22,24). The number of nitrogens with zero attached hydrogens (tertiary/aromatic N) is 3. The van der Waals surface area contributed by atoms with E-state index in [2.05, 4.69) is 48.4 Å². The molecule has 3 rings (SSSR count). The van der Waals surface area contributed by atoms with Crippen molar-refractivity contribution in [3.05, 3.63) is 58.9 Å². The second-order valence-corrected chi connectivity index (χ2v) is 5.78. The van der Waals surface area contributed by atoms with E-state index in [0.29, 0.717) is 5.56 Å². The molecule has 0 fully saturated rings. The molecule has 2 aromatic heterocycles. The monoisotopic (exact) mass is 316 g/mol. The second kappa shape index (κ2) is 6.67. The lowest BCUT2D eigenvalue weighted by Gasteiger charge is -2.11. The van der Waals surface area contributed by atoms with Gasteiger partial charge in [-0.05, 0) is 55.7 Å². The molecule has 0 aliphatic heterocycles. The van der Waals surface area contributed by atoms with Gasteiger partial charge in [-0.1, -0.05) is 19.9 Å². The molecule has 2 heterocycles. The minimum absolute atomic E-state index is 0.598. The summed E-state index contributed by atoms with van der Waals surface area (Å²) in [6, 6.07) is 14.2. The molecular weight excluding hydrogens is 296 g/mol. The van der Waals surface area contributed by atoms with Crippen molar-refractivity contribution in [3.63, 3.8) is 0 Å². The van der Waals surface area contributed by atoms with E-state index in [4.69, 9.17) is 10.2 Å². The highest BCUT2D eigenvalue weighted by atomic mass is 15.0. The summed E-state index contributed by atoms with van der Waals surface area (Å²) in [6.07, 6.45) is 1.92. The molecular formula is C20H20N4. The molecule has 4 nitrogen and oxygen atoms in total. The minimum Gasteiger partial charge on any atom is -0.340 e. The lowest BCUT2D eigenvalue weighted by Crippen LogP contribution is -1.98. The van der Waals surface area contributed by atoms with Crippen LogP contribution in [0.15, 0.2) is 36.4 Å². The van der Waals surface area contributed by atoms with Crippen LogP contribution in [0.25, 0.3) is 10.9 Å². The molecule has 24 heavy (non-hydrogen) atoms. The van der Waals surface area contributed by atoms with Gasteiger partial charge in [0.25, 0.3) is 0 Å². The van der Waals surface area contributed by atoms with Crippen molar-refractivity contribution in [2.45, 2.75) is 33.6 Å². The molecule has 0 saturated carbocycles. The van der Waals surface area contributed by atoms with Crippen molar-refractivity contribution in [3.8, 4) is 6.07 Å². The van der Waals surface area contributed by atoms with Crippen LogP contribution in [-0.2, 0) is 12.8 Å².